The topological polar surface area (TPSA) is 35.5 Å². The highest BCUT2D eigenvalue weighted by atomic mass is 19.4. The minimum Gasteiger partial charge on any atom is -0.434 e. The molecule has 0 aliphatic carbocycles. The van der Waals surface area contributed by atoms with Crippen LogP contribution in [0.3, 0.4) is 0 Å². The molecule has 19 heavy (non-hydrogen) atoms. The van der Waals surface area contributed by atoms with Gasteiger partial charge in [0.1, 0.15) is 17.1 Å². The lowest BCUT2D eigenvalue weighted by Gasteiger charge is -2.15. The summed E-state index contributed by atoms with van der Waals surface area (Å²) in [7, 11) is 0. The maximum atomic E-state index is 12.2. The molecule has 0 atom stereocenters. The SMILES string of the molecule is CCC(=O)c1c(OC(F)F)cccc1OC(F)(F)F. The Morgan fingerprint density at radius 2 is 1.84 bits per heavy atom. The molecule has 1 aromatic carbocycles. The van der Waals surface area contributed by atoms with E-state index in [1.165, 1.54) is 6.92 Å². The second-order valence-corrected chi connectivity index (χ2v) is 3.33. The second kappa shape index (κ2) is 5.85. The van der Waals surface area contributed by atoms with E-state index in [9.17, 15) is 26.7 Å². The van der Waals surface area contributed by atoms with Gasteiger partial charge in [0.05, 0.1) is 0 Å². The van der Waals surface area contributed by atoms with Crippen molar-refractivity contribution in [2.24, 2.45) is 0 Å². The smallest absolute Gasteiger partial charge is 0.434 e. The molecule has 0 saturated carbocycles. The zero-order chi connectivity index (χ0) is 14.6. The van der Waals surface area contributed by atoms with Gasteiger partial charge in [0, 0.05) is 6.42 Å². The summed E-state index contributed by atoms with van der Waals surface area (Å²) in [5.74, 6) is -2.31. The van der Waals surface area contributed by atoms with Gasteiger partial charge >= 0.3 is 13.0 Å². The molecule has 0 aliphatic heterocycles. The third kappa shape index (κ3) is 4.38. The van der Waals surface area contributed by atoms with E-state index in [1.807, 2.05) is 0 Å². The van der Waals surface area contributed by atoms with Crippen LogP contribution in [0.1, 0.15) is 23.7 Å². The molecular weight excluding hydrogens is 275 g/mol. The Labute approximate surface area is 104 Å². The molecule has 0 radical (unpaired) electrons. The van der Waals surface area contributed by atoms with E-state index in [0.29, 0.717) is 0 Å². The van der Waals surface area contributed by atoms with Gasteiger partial charge in [-0.15, -0.1) is 13.2 Å². The monoisotopic (exact) mass is 284 g/mol. The fourth-order valence-corrected chi connectivity index (χ4v) is 1.37. The van der Waals surface area contributed by atoms with E-state index < -0.39 is 35.8 Å². The number of carbonyl (C=O) groups excluding carboxylic acids is 1. The van der Waals surface area contributed by atoms with Crippen LogP contribution in [0.4, 0.5) is 22.0 Å². The molecule has 0 heterocycles. The van der Waals surface area contributed by atoms with Crippen molar-refractivity contribution >= 4 is 5.78 Å². The van der Waals surface area contributed by atoms with Gasteiger partial charge in [-0.2, -0.15) is 8.78 Å². The first-order chi connectivity index (χ1) is 8.74. The van der Waals surface area contributed by atoms with Crippen molar-refractivity contribution in [2.75, 3.05) is 0 Å². The predicted molar refractivity (Wildman–Crippen MR) is 54.4 cm³/mol. The molecule has 0 saturated heterocycles. The van der Waals surface area contributed by atoms with Crippen LogP contribution in [0.25, 0.3) is 0 Å². The molecule has 0 spiro atoms. The van der Waals surface area contributed by atoms with Crippen molar-refractivity contribution in [3.63, 3.8) is 0 Å². The zero-order valence-corrected chi connectivity index (χ0v) is 9.63. The lowest BCUT2D eigenvalue weighted by molar-refractivity contribution is -0.274. The molecule has 8 heteroatoms. The van der Waals surface area contributed by atoms with Crippen molar-refractivity contribution in [3.05, 3.63) is 23.8 Å². The Hall–Kier alpha value is -1.86. The van der Waals surface area contributed by atoms with Gasteiger partial charge in [0.15, 0.2) is 5.78 Å². The third-order valence-corrected chi connectivity index (χ3v) is 2.03. The lowest BCUT2D eigenvalue weighted by atomic mass is 10.1. The Bertz CT molecular complexity index is 456. The number of benzene rings is 1. The summed E-state index contributed by atoms with van der Waals surface area (Å²) in [5, 5.41) is 0. The van der Waals surface area contributed by atoms with Crippen LogP contribution in [-0.2, 0) is 0 Å². The fourth-order valence-electron chi connectivity index (χ4n) is 1.37. The number of hydrogen-bond acceptors (Lipinski definition) is 3. The summed E-state index contributed by atoms with van der Waals surface area (Å²) in [6.07, 6.45) is -5.22. The minimum atomic E-state index is -5.04. The first-order valence-corrected chi connectivity index (χ1v) is 5.11. The van der Waals surface area contributed by atoms with Gasteiger partial charge in [-0.1, -0.05) is 13.0 Å². The lowest BCUT2D eigenvalue weighted by Crippen LogP contribution is -2.19. The van der Waals surface area contributed by atoms with Crippen LogP contribution < -0.4 is 9.47 Å². The number of halogens is 5. The molecule has 0 aliphatic rings. The number of carbonyl (C=O) groups is 1. The van der Waals surface area contributed by atoms with E-state index in [0.717, 1.165) is 18.2 Å². The molecule has 0 amide bonds. The summed E-state index contributed by atoms with van der Waals surface area (Å²) in [6, 6.07) is 2.85. The van der Waals surface area contributed by atoms with Gasteiger partial charge in [-0.05, 0) is 12.1 Å². The highest BCUT2D eigenvalue weighted by Crippen LogP contribution is 2.34. The molecule has 0 bridgehead atoms. The zero-order valence-electron chi connectivity index (χ0n) is 9.63. The molecule has 1 aromatic rings. The number of rotatable bonds is 5. The van der Waals surface area contributed by atoms with Gasteiger partial charge < -0.3 is 9.47 Å². The van der Waals surface area contributed by atoms with Crippen LogP contribution in [0.2, 0.25) is 0 Å². The maximum Gasteiger partial charge on any atom is 0.573 e. The number of ketones is 1. The quantitative estimate of drug-likeness (QED) is 0.609. The first-order valence-electron chi connectivity index (χ1n) is 5.11. The highest BCUT2D eigenvalue weighted by Gasteiger charge is 2.34. The molecular formula is C11H9F5O3. The third-order valence-electron chi connectivity index (χ3n) is 2.03. The van der Waals surface area contributed by atoms with Gasteiger partial charge in [0.2, 0.25) is 0 Å². The largest absolute Gasteiger partial charge is 0.573 e. The molecule has 0 aromatic heterocycles. The molecule has 1 rings (SSSR count). The van der Waals surface area contributed by atoms with Crippen LogP contribution in [0.15, 0.2) is 18.2 Å². The van der Waals surface area contributed by atoms with E-state index in [-0.39, 0.29) is 6.42 Å². The number of hydrogen-bond donors (Lipinski definition) is 0. The molecule has 0 unspecified atom stereocenters. The van der Waals surface area contributed by atoms with Crippen molar-refractivity contribution < 1.29 is 36.2 Å². The number of ether oxygens (including phenoxy) is 2. The summed E-state index contributed by atoms with van der Waals surface area (Å²) < 4.78 is 68.4. The second-order valence-electron chi connectivity index (χ2n) is 3.33. The fraction of sp³-hybridized carbons (Fsp3) is 0.364. The van der Waals surface area contributed by atoms with E-state index in [2.05, 4.69) is 9.47 Å². The van der Waals surface area contributed by atoms with E-state index >= 15 is 0 Å². The normalized spacial score (nSPS) is 11.5. The van der Waals surface area contributed by atoms with Crippen LogP contribution >= 0.6 is 0 Å². The summed E-state index contributed by atoms with van der Waals surface area (Å²) in [4.78, 5) is 11.6. The molecule has 106 valence electrons. The van der Waals surface area contributed by atoms with Crippen LogP contribution in [-0.4, -0.2) is 18.8 Å². The van der Waals surface area contributed by atoms with Crippen molar-refractivity contribution in [1.82, 2.24) is 0 Å². The van der Waals surface area contributed by atoms with Gasteiger partial charge in [-0.3, -0.25) is 4.79 Å². The van der Waals surface area contributed by atoms with Crippen molar-refractivity contribution in [1.29, 1.82) is 0 Å². The first kappa shape index (κ1) is 15.2. The minimum absolute atomic E-state index is 0.183. The summed E-state index contributed by atoms with van der Waals surface area (Å²) in [5.41, 5.74) is -0.650. The molecule has 0 N–H and O–H groups in total. The molecule has 3 nitrogen and oxygen atoms in total. The Morgan fingerprint density at radius 1 is 1.26 bits per heavy atom. The summed E-state index contributed by atoms with van der Waals surface area (Å²) in [6.45, 7) is -1.89. The van der Waals surface area contributed by atoms with Crippen molar-refractivity contribution in [3.8, 4) is 11.5 Å². The average molecular weight is 284 g/mol. The highest BCUT2D eigenvalue weighted by molar-refractivity contribution is 6.01. The number of Topliss-reactive ketones (excluding diaryl/α,β-unsaturated/α-hetero) is 1. The van der Waals surface area contributed by atoms with Crippen LogP contribution in [0.5, 0.6) is 11.5 Å². The maximum absolute atomic E-state index is 12.2. The van der Waals surface area contributed by atoms with Gasteiger partial charge in [-0.25, -0.2) is 0 Å². The van der Waals surface area contributed by atoms with Gasteiger partial charge in [0.25, 0.3) is 0 Å². The Kier molecular flexibility index (Phi) is 4.68. The Morgan fingerprint density at radius 3 is 2.32 bits per heavy atom. The van der Waals surface area contributed by atoms with Crippen LogP contribution in [0, 0.1) is 0 Å². The standard InChI is InChI=1S/C11H9F5O3/c1-2-6(17)9-7(18-10(12)13)4-3-5-8(9)19-11(14,15)16/h3-5,10H,2H2,1H3. The molecule has 0 fully saturated rings. The van der Waals surface area contributed by atoms with Crippen molar-refractivity contribution in [2.45, 2.75) is 26.3 Å². The predicted octanol–water partition coefficient (Wildman–Crippen LogP) is 3.78. The Balaban J connectivity index is 3.26. The van der Waals surface area contributed by atoms with E-state index in [4.69, 9.17) is 0 Å². The number of alkyl halides is 5. The summed E-state index contributed by atoms with van der Waals surface area (Å²) >= 11 is 0. The van der Waals surface area contributed by atoms with E-state index in [1.54, 1.807) is 0 Å². The average Bonchev–Trinajstić information content (AvgIpc) is 2.25.